The Morgan fingerprint density at radius 3 is 2.64 bits per heavy atom. The molecule has 25 heavy (non-hydrogen) atoms. The maximum atomic E-state index is 6.34. The van der Waals surface area contributed by atoms with Crippen molar-refractivity contribution in [3.8, 4) is 11.4 Å². The summed E-state index contributed by atoms with van der Waals surface area (Å²) in [7, 11) is 0. The van der Waals surface area contributed by atoms with E-state index in [0.29, 0.717) is 23.0 Å². The van der Waals surface area contributed by atoms with E-state index in [-0.39, 0.29) is 0 Å². The number of nitrogens with zero attached hydrogens (tertiary/aromatic N) is 2. The highest BCUT2D eigenvalue weighted by molar-refractivity contribution is 6.31. The van der Waals surface area contributed by atoms with Gasteiger partial charge in [-0.15, -0.1) is 0 Å². The van der Waals surface area contributed by atoms with Crippen molar-refractivity contribution in [2.24, 2.45) is 4.99 Å². The summed E-state index contributed by atoms with van der Waals surface area (Å²) in [5.41, 5.74) is 11.0. The third-order valence-corrected chi connectivity index (χ3v) is 4.54. The van der Waals surface area contributed by atoms with Gasteiger partial charge in [0.15, 0.2) is 5.82 Å². The van der Waals surface area contributed by atoms with Crippen LogP contribution in [0.5, 0.6) is 0 Å². The molecule has 2 aromatic rings. The molecule has 2 rings (SSSR count). The van der Waals surface area contributed by atoms with Crippen molar-refractivity contribution in [2.45, 2.75) is 27.2 Å². The minimum Gasteiger partial charge on any atom is -0.398 e. The number of rotatable bonds is 6. The zero-order valence-corrected chi connectivity index (χ0v) is 15.6. The monoisotopic (exact) mass is 354 g/mol. The lowest BCUT2D eigenvalue weighted by atomic mass is 10.0. The number of allylic oxidation sites excluding steroid dienone is 5. The zero-order chi connectivity index (χ0) is 18.6. The van der Waals surface area contributed by atoms with Crippen LogP contribution in [0, 0.1) is 0 Å². The SMILES string of the molecule is C=Nc1nc(-c2ccccc2N)[nH]c1C(=C)/C(C)=C/C(Cl)=C(\C)CC. The molecule has 0 bridgehead atoms. The lowest BCUT2D eigenvalue weighted by Gasteiger charge is -2.06. The van der Waals surface area contributed by atoms with Crippen LogP contribution in [0.3, 0.4) is 0 Å². The summed E-state index contributed by atoms with van der Waals surface area (Å²) in [6, 6.07) is 7.52. The first-order valence-electron chi connectivity index (χ1n) is 8.03. The first kappa shape index (κ1) is 18.7. The molecule has 0 spiro atoms. The summed E-state index contributed by atoms with van der Waals surface area (Å²) in [6.45, 7) is 13.8. The molecule has 0 aliphatic rings. The first-order chi connectivity index (χ1) is 11.9. The number of nitrogens with one attached hydrogen (secondary N) is 1. The highest BCUT2D eigenvalue weighted by Gasteiger charge is 2.15. The van der Waals surface area contributed by atoms with Crippen molar-refractivity contribution in [3.05, 3.63) is 58.8 Å². The number of anilines is 1. The number of aliphatic imine (C=N–C) groups is 1. The average molecular weight is 355 g/mol. The van der Waals surface area contributed by atoms with E-state index in [0.717, 1.165) is 33.7 Å². The second-order valence-corrected chi connectivity index (χ2v) is 6.22. The Morgan fingerprint density at radius 1 is 1.36 bits per heavy atom. The standard InChI is InChI=1S/C20H23ClN4/c1-6-12(2)16(21)11-13(3)14(4)18-20(23-5)25-19(24-18)15-9-7-8-10-17(15)22/h7-11H,4-6,22H2,1-3H3,(H,24,25)/b13-11+,16-12-. The highest BCUT2D eigenvalue weighted by atomic mass is 35.5. The lowest BCUT2D eigenvalue weighted by Crippen LogP contribution is -1.91. The van der Waals surface area contributed by atoms with E-state index in [2.05, 4.69) is 35.2 Å². The second kappa shape index (κ2) is 7.99. The van der Waals surface area contributed by atoms with Crippen molar-refractivity contribution in [3.63, 3.8) is 0 Å². The number of nitrogen functional groups attached to an aromatic ring is 1. The smallest absolute Gasteiger partial charge is 0.178 e. The maximum absolute atomic E-state index is 6.34. The van der Waals surface area contributed by atoms with Crippen molar-refractivity contribution in [1.29, 1.82) is 0 Å². The number of aromatic amines is 1. The number of nitrogens with two attached hydrogens (primary N) is 1. The van der Waals surface area contributed by atoms with Crippen LogP contribution in [0.25, 0.3) is 17.0 Å². The molecule has 0 atom stereocenters. The van der Waals surface area contributed by atoms with Gasteiger partial charge in [0, 0.05) is 16.3 Å². The number of benzene rings is 1. The molecular formula is C20H23ClN4. The van der Waals surface area contributed by atoms with Gasteiger partial charge in [-0.3, -0.25) is 0 Å². The Labute approximate surface area is 153 Å². The second-order valence-electron chi connectivity index (χ2n) is 5.82. The van der Waals surface area contributed by atoms with Gasteiger partial charge < -0.3 is 10.7 Å². The van der Waals surface area contributed by atoms with E-state index >= 15 is 0 Å². The van der Waals surface area contributed by atoms with Gasteiger partial charge in [0.1, 0.15) is 5.82 Å². The molecule has 1 aromatic heterocycles. The fourth-order valence-electron chi connectivity index (χ4n) is 2.30. The Hall–Kier alpha value is -2.59. The Kier molecular flexibility index (Phi) is 5.99. The van der Waals surface area contributed by atoms with Crippen LogP contribution in [-0.2, 0) is 0 Å². The minimum absolute atomic E-state index is 0.489. The van der Waals surface area contributed by atoms with Gasteiger partial charge in [0.25, 0.3) is 0 Å². The van der Waals surface area contributed by atoms with E-state index < -0.39 is 0 Å². The van der Waals surface area contributed by atoms with Gasteiger partial charge in [-0.05, 0) is 56.3 Å². The van der Waals surface area contributed by atoms with Gasteiger partial charge in [0.2, 0.25) is 0 Å². The molecule has 130 valence electrons. The lowest BCUT2D eigenvalue weighted by molar-refractivity contribution is 1.09. The van der Waals surface area contributed by atoms with Crippen LogP contribution in [0.4, 0.5) is 11.5 Å². The van der Waals surface area contributed by atoms with E-state index in [4.69, 9.17) is 17.3 Å². The average Bonchev–Trinajstić information content (AvgIpc) is 3.04. The van der Waals surface area contributed by atoms with Crippen LogP contribution >= 0.6 is 11.6 Å². The molecule has 0 saturated heterocycles. The number of imidazole rings is 1. The molecule has 1 heterocycles. The van der Waals surface area contributed by atoms with E-state index in [1.165, 1.54) is 0 Å². The summed E-state index contributed by atoms with van der Waals surface area (Å²) in [5.74, 6) is 1.12. The Bertz CT molecular complexity index is 872. The molecular weight excluding hydrogens is 332 g/mol. The van der Waals surface area contributed by atoms with Gasteiger partial charge >= 0.3 is 0 Å². The summed E-state index contributed by atoms with van der Waals surface area (Å²) < 4.78 is 0. The number of para-hydroxylation sites is 1. The maximum Gasteiger partial charge on any atom is 0.178 e. The van der Waals surface area contributed by atoms with E-state index in [1.807, 2.05) is 44.2 Å². The van der Waals surface area contributed by atoms with Crippen LogP contribution < -0.4 is 5.73 Å². The van der Waals surface area contributed by atoms with Crippen LogP contribution in [0.15, 0.2) is 58.1 Å². The summed E-state index contributed by atoms with van der Waals surface area (Å²) in [4.78, 5) is 11.8. The largest absolute Gasteiger partial charge is 0.398 e. The minimum atomic E-state index is 0.489. The Morgan fingerprint density at radius 2 is 2.04 bits per heavy atom. The number of halogens is 1. The van der Waals surface area contributed by atoms with Gasteiger partial charge in [0.05, 0.1) is 5.69 Å². The number of hydrogen-bond donors (Lipinski definition) is 2. The van der Waals surface area contributed by atoms with Crippen molar-refractivity contribution < 1.29 is 0 Å². The van der Waals surface area contributed by atoms with Crippen LogP contribution in [-0.4, -0.2) is 16.7 Å². The fraction of sp³-hybridized carbons (Fsp3) is 0.200. The van der Waals surface area contributed by atoms with Crippen molar-refractivity contribution >= 4 is 35.4 Å². The third-order valence-electron chi connectivity index (χ3n) is 4.11. The topological polar surface area (TPSA) is 67.1 Å². The molecule has 0 aliphatic heterocycles. The van der Waals surface area contributed by atoms with Gasteiger partial charge in [-0.2, -0.15) is 0 Å². The van der Waals surface area contributed by atoms with Crippen LogP contribution in [0.2, 0.25) is 0 Å². The van der Waals surface area contributed by atoms with E-state index in [9.17, 15) is 0 Å². The third kappa shape index (κ3) is 4.09. The predicted octanol–water partition coefficient (Wildman–Crippen LogP) is 5.87. The Balaban J connectivity index is 2.46. The van der Waals surface area contributed by atoms with E-state index in [1.54, 1.807) is 0 Å². The van der Waals surface area contributed by atoms with Crippen molar-refractivity contribution in [1.82, 2.24) is 9.97 Å². The molecule has 0 unspecified atom stereocenters. The van der Waals surface area contributed by atoms with Crippen molar-refractivity contribution in [2.75, 3.05) is 5.73 Å². The number of aromatic nitrogens is 2. The van der Waals surface area contributed by atoms with Gasteiger partial charge in [-0.25, -0.2) is 9.98 Å². The molecule has 0 fully saturated rings. The first-order valence-corrected chi connectivity index (χ1v) is 8.41. The fourth-order valence-corrected chi connectivity index (χ4v) is 2.59. The van der Waals surface area contributed by atoms with Gasteiger partial charge in [-0.1, -0.05) is 42.8 Å². The zero-order valence-electron chi connectivity index (χ0n) is 14.9. The molecule has 4 nitrogen and oxygen atoms in total. The predicted molar refractivity (Wildman–Crippen MR) is 109 cm³/mol. The molecule has 0 aliphatic carbocycles. The quantitative estimate of drug-likeness (QED) is 0.386. The molecule has 0 amide bonds. The molecule has 0 saturated carbocycles. The summed E-state index contributed by atoms with van der Waals surface area (Å²) in [6.07, 6.45) is 2.81. The molecule has 1 aromatic carbocycles. The summed E-state index contributed by atoms with van der Waals surface area (Å²) in [5, 5.41) is 0.723. The molecule has 5 heteroatoms. The number of hydrogen-bond acceptors (Lipinski definition) is 3. The normalized spacial score (nSPS) is 12.7. The molecule has 3 N–H and O–H groups in total. The summed E-state index contributed by atoms with van der Waals surface area (Å²) >= 11 is 6.34. The highest BCUT2D eigenvalue weighted by Crippen LogP contribution is 2.33. The van der Waals surface area contributed by atoms with Crippen LogP contribution in [0.1, 0.15) is 32.9 Å². The number of H-pyrrole nitrogens is 1. The molecule has 0 radical (unpaired) electrons.